The first kappa shape index (κ1) is 28.7. The number of hydrogen-bond acceptors (Lipinski definition) is 4. The lowest BCUT2D eigenvalue weighted by atomic mass is 9.85. The van der Waals surface area contributed by atoms with E-state index in [1.807, 2.05) is 97.9 Å². The molecule has 198 valence electrons. The number of hydrogen-bond donors (Lipinski definition) is 3. The molecule has 39 heavy (non-hydrogen) atoms. The largest absolute Gasteiger partial charge is 0.508 e. The molecule has 0 amide bonds. The smallest absolute Gasteiger partial charge is 0.120 e. The van der Waals surface area contributed by atoms with Crippen LogP contribution in [0.4, 0.5) is 0 Å². The summed E-state index contributed by atoms with van der Waals surface area (Å²) < 4.78 is 0. The van der Waals surface area contributed by atoms with Crippen molar-refractivity contribution in [2.24, 2.45) is 0 Å². The summed E-state index contributed by atoms with van der Waals surface area (Å²) in [7, 11) is 0. The molecular weight excluding hydrogens is 484 g/mol. The summed E-state index contributed by atoms with van der Waals surface area (Å²) in [6.07, 6.45) is 0.750. The Morgan fingerprint density at radius 2 is 0.949 bits per heavy atom. The SMILES string of the molecule is C.CC(c1c(O)ccc2ccccc12)c1c(O)ccc2ccccc12.CC=O.Oc1ccc2ccccc2c1. The second-order valence-electron chi connectivity index (χ2n) is 8.93. The van der Waals surface area contributed by atoms with Crippen molar-refractivity contribution >= 4 is 38.6 Å². The second kappa shape index (κ2) is 13.1. The van der Waals surface area contributed by atoms with Gasteiger partial charge in [0.25, 0.3) is 0 Å². The van der Waals surface area contributed by atoms with Gasteiger partial charge in [-0.1, -0.05) is 105 Å². The molecule has 0 saturated carbocycles. The third-order valence-electron chi connectivity index (χ3n) is 6.49. The first-order valence-electron chi connectivity index (χ1n) is 12.4. The average molecular weight is 519 g/mol. The van der Waals surface area contributed by atoms with Crippen LogP contribution in [0.3, 0.4) is 0 Å². The van der Waals surface area contributed by atoms with Gasteiger partial charge in [0.05, 0.1) is 0 Å². The van der Waals surface area contributed by atoms with Gasteiger partial charge >= 0.3 is 0 Å². The average Bonchev–Trinajstić information content (AvgIpc) is 2.93. The van der Waals surface area contributed by atoms with E-state index < -0.39 is 0 Å². The van der Waals surface area contributed by atoms with Crippen molar-refractivity contribution in [3.8, 4) is 17.2 Å². The van der Waals surface area contributed by atoms with Crippen molar-refractivity contribution in [2.45, 2.75) is 27.2 Å². The zero-order valence-electron chi connectivity index (χ0n) is 21.4. The maximum atomic E-state index is 10.5. The van der Waals surface area contributed by atoms with E-state index >= 15 is 0 Å². The van der Waals surface area contributed by atoms with Crippen molar-refractivity contribution < 1.29 is 20.1 Å². The lowest BCUT2D eigenvalue weighted by Gasteiger charge is -2.20. The van der Waals surface area contributed by atoms with Gasteiger partial charge in [0.15, 0.2) is 0 Å². The number of carbonyl (C=O) groups excluding carboxylic acids is 1. The van der Waals surface area contributed by atoms with E-state index in [-0.39, 0.29) is 24.8 Å². The fourth-order valence-corrected chi connectivity index (χ4v) is 4.80. The van der Waals surface area contributed by atoms with E-state index in [9.17, 15) is 10.2 Å². The Morgan fingerprint density at radius 1 is 0.564 bits per heavy atom. The standard InChI is InChI=1S/C22H18O2.C10H8O.C2H4O.CH4/c1-14(21-17-8-4-2-6-15(17)10-12-19(21)23)22-18-9-5-3-7-16(18)11-13-20(22)24;11-10-6-5-8-3-1-2-4-9(8)7-10;1-2-3;/h2-14,23-24H,1H3;1-7,11H;2H,1H3;1H4. The minimum absolute atomic E-state index is 0. The molecule has 0 atom stereocenters. The predicted molar refractivity (Wildman–Crippen MR) is 163 cm³/mol. The van der Waals surface area contributed by atoms with Gasteiger partial charge in [0.2, 0.25) is 0 Å². The third kappa shape index (κ3) is 6.36. The van der Waals surface area contributed by atoms with Crippen molar-refractivity contribution in [1.82, 2.24) is 0 Å². The summed E-state index contributed by atoms with van der Waals surface area (Å²) in [5.74, 6) is 0.702. The number of carbonyl (C=O) groups is 1. The molecule has 0 unspecified atom stereocenters. The van der Waals surface area contributed by atoms with E-state index in [2.05, 4.69) is 0 Å². The highest BCUT2D eigenvalue weighted by molar-refractivity contribution is 5.92. The predicted octanol–water partition coefficient (Wildman–Crippen LogP) is 8.94. The number of phenolic OH excluding ortho intramolecular Hbond substituents is 3. The maximum Gasteiger partial charge on any atom is 0.120 e. The van der Waals surface area contributed by atoms with E-state index in [4.69, 9.17) is 9.90 Å². The minimum atomic E-state index is -0.137. The van der Waals surface area contributed by atoms with E-state index in [1.165, 1.54) is 6.92 Å². The summed E-state index contributed by atoms with van der Waals surface area (Å²) >= 11 is 0. The number of benzene rings is 6. The fraction of sp³-hybridized carbons (Fsp3) is 0.114. The van der Waals surface area contributed by atoms with Crippen molar-refractivity contribution in [2.75, 3.05) is 0 Å². The third-order valence-corrected chi connectivity index (χ3v) is 6.49. The molecule has 0 aliphatic heterocycles. The van der Waals surface area contributed by atoms with Crippen LogP contribution in [0.15, 0.2) is 115 Å². The summed E-state index contributed by atoms with van der Waals surface area (Å²) in [5, 5.41) is 36.6. The van der Waals surface area contributed by atoms with Crippen LogP contribution in [-0.2, 0) is 4.79 Å². The lowest BCUT2D eigenvalue weighted by Crippen LogP contribution is -2.00. The molecule has 0 radical (unpaired) electrons. The van der Waals surface area contributed by atoms with Crippen molar-refractivity contribution in [1.29, 1.82) is 0 Å². The Balaban J connectivity index is 0.000000234. The molecular formula is C35H34O4. The van der Waals surface area contributed by atoms with Crippen molar-refractivity contribution in [3.63, 3.8) is 0 Å². The highest BCUT2D eigenvalue weighted by atomic mass is 16.3. The fourth-order valence-electron chi connectivity index (χ4n) is 4.80. The molecule has 0 aliphatic rings. The molecule has 4 nitrogen and oxygen atoms in total. The Morgan fingerprint density at radius 3 is 1.44 bits per heavy atom. The van der Waals surface area contributed by atoms with Gasteiger partial charge in [-0.15, -0.1) is 0 Å². The Kier molecular flexibility index (Phi) is 9.66. The number of rotatable bonds is 2. The molecule has 6 rings (SSSR count). The zero-order valence-corrected chi connectivity index (χ0v) is 21.4. The van der Waals surface area contributed by atoms with E-state index in [0.29, 0.717) is 5.75 Å². The van der Waals surface area contributed by atoms with Gasteiger partial charge in [-0.05, 0) is 63.5 Å². The number of fused-ring (bicyclic) bond motifs is 3. The molecule has 0 saturated heterocycles. The highest BCUT2D eigenvalue weighted by Gasteiger charge is 2.21. The zero-order chi connectivity index (χ0) is 27.1. The molecule has 6 aromatic carbocycles. The molecule has 0 aromatic heterocycles. The van der Waals surface area contributed by atoms with Gasteiger partial charge in [-0.25, -0.2) is 0 Å². The van der Waals surface area contributed by atoms with Crippen LogP contribution in [0.2, 0.25) is 0 Å². The summed E-state index contributed by atoms with van der Waals surface area (Å²) in [4.78, 5) is 8.81. The Hall–Kier alpha value is -4.83. The number of aromatic hydroxyl groups is 3. The molecule has 0 aliphatic carbocycles. The lowest BCUT2D eigenvalue weighted by molar-refractivity contribution is -0.106. The van der Waals surface area contributed by atoms with E-state index in [1.54, 1.807) is 24.3 Å². The summed E-state index contributed by atoms with van der Waals surface area (Å²) in [6, 6.07) is 36.6. The number of aldehydes is 1. The molecule has 0 fully saturated rings. The maximum absolute atomic E-state index is 10.5. The number of phenols is 3. The summed E-state index contributed by atoms with van der Waals surface area (Å²) in [6.45, 7) is 3.48. The molecule has 6 aromatic rings. The normalized spacial score (nSPS) is 10.2. The quantitative estimate of drug-likeness (QED) is 0.200. The van der Waals surface area contributed by atoms with Crippen LogP contribution in [0.1, 0.15) is 38.3 Å². The van der Waals surface area contributed by atoms with Gasteiger partial charge in [-0.3, -0.25) is 0 Å². The monoisotopic (exact) mass is 518 g/mol. The first-order chi connectivity index (χ1) is 18.4. The van der Waals surface area contributed by atoms with Crippen LogP contribution in [0, 0.1) is 0 Å². The molecule has 3 N–H and O–H groups in total. The van der Waals surface area contributed by atoms with Gasteiger partial charge in [0, 0.05) is 17.0 Å². The van der Waals surface area contributed by atoms with Crippen LogP contribution < -0.4 is 0 Å². The van der Waals surface area contributed by atoms with Crippen molar-refractivity contribution in [3.05, 3.63) is 126 Å². The second-order valence-corrected chi connectivity index (χ2v) is 8.93. The molecule has 0 heterocycles. The highest BCUT2D eigenvalue weighted by Crippen LogP contribution is 2.42. The molecule has 0 spiro atoms. The van der Waals surface area contributed by atoms with Gasteiger partial charge < -0.3 is 20.1 Å². The Bertz CT molecular complexity index is 1620. The first-order valence-corrected chi connectivity index (χ1v) is 12.4. The molecule has 4 heteroatoms. The summed E-state index contributed by atoms with van der Waals surface area (Å²) in [5.41, 5.74) is 1.69. The molecule has 0 bridgehead atoms. The van der Waals surface area contributed by atoms with Gasteiger partial charge in [0.1, 0.15) is 23.5 Å². The van der Waals surface area contributed by atoms with Crippen LogP contribution >= 0.6 is 0 Å². The van der Waals surface area contributed by atoms with Crippen LogP contribution in [0.25, 0.3) is 32.3 Å². The van der Waals surface area contributed by atoms with E-state index in [0.717, 1.165) is 49.7 Å². The van der Waals surface area contributed by atoms with Crippen LogP contribution in [0.5, 0.6) is 17.2 Å². The van der Waals surface area contributed by atoms with Crippen LogP contribution in [-0.4, -0.2) is 21.6 Å². The topological polar surface area (TPSA) is 77.8 Å². The minimum Gasteiger partial charge on any atom is -0.508 e. The van der Waals surface area contributed by atoms with Gasteiger partial charge in [-0.2, -0.15) is 0 Å². The Labute approximate surface area is 229 Å².